The van der Waals surface area contributed by atoms with Crippen molar-refractivity contribution < 1.29 is 4.39 Å². The van der Waals surface area contributed by atoms with Crippen molar-refractivity contribution in [1.29, 1.82) is 0 Å². The molecule has 4 aromatic heterocycles. The van der Waals surface area contributed by atoms with Gasteiger partial charge in [0.05, 0.1) is 22.0 Å². The van der Waals surface area contributed by atoms with Crippen LogP contribution < -0.4 is 5.32 Å². The molecule has 0 unspecified atom stereocenters. The van der Waals surface area contributed by atoms with Crippen LogP contribution in [0.25, 0.3) is 32.7 Å². The van der Waals surface area contributed by atoms with E-state index >= 15 is 0 Å². The minimum atomic E-state index is -0.444. The van der Waals surface area contributed by atoms with Gasteiger partial charge in [-0.3, -0.25) is 9.97 Å². The maximum Gasteiger partial charge on any atom is 0.165 e. The van der Waals surface area contributed by atoms with Gasteiger partial charge in [0.1, 0.15) is 5.82 Å². The zero-order chi connectivity index (χ0) is 21.8. The van der Waals surface area contributed by atoms with Gasteiger partial charge in [0, 0.05) is 41.6 Å². The minimum absolute atomic E-state index is 0.331. The Labute approximate surface area is 189 Å². The van der Waals surface area contributed by atoms with Gasteiger partial charge in [-0.1, -0.05) is 36.4 Å². The number of anilines is 1. The fourth-order valence-corrected chi connectivity index (χ4v) is 4.57. The van der Waals surface area contributed by atoms with E-state index in [1.54, 1.807) is 29.8 Å². The van der Waals surface area contributed by atoms with Gasteiger partial charge in [0.15, 0.2) is 11.6 Å². The summed E-state index contributed by atoms with van der Waals surface area (Å²) in [5.74, 6) is 0.612. The fraction of sp³-hybridized carbons (Fsp3) is 0.120. The molecule has 1 N–H and O–H groups in total. The molecule has 0 spiro atoms. The summed E-state index contributed by atoms with van der Waals surface area (Å²) < 4.78 is 15.4. The minimum Gasteiger partial charge on any atom is -0.369 e. The van der Waals surface area contributed by atoms with E-state index in [0.29, 0.717) is 11.4 Å². The highest BCUT2D eigenvalue weighted by atomic mass is 32.1. The van der Waals surface area contributed by atoms with E-state index in [0.717, 1.165) is 46.5 Å². The van der Waals surface area contributed by atoms with Crippen molar-refractivity contribution in [3.05, 3.63) is 90.1 Å². The first-order valence-electron chi connectivity index (χ1n) is 10.4. The largest absolute Gasteiger partial charge is 0.369 e. The highest BCUT2D eigenvalue weighted by molar-refractivity contribution is 7.18. The summed E-state index contributed by atoms with van der Waals surface area (Å²) >= 11 is 1.58. The Morgan fingerprint density at radius 2 is 1.75 bits per heavy atom. The van der Waals surface area contributed by atoms with E-state index in [1.807, 2.05) is 24.4 Å². The molecular weight excluding hydrogens is 421 g/mol. The second-order valence-corrected chi connectivity index (χ2v) is 8.22. The lowest BCUT2D eigenvalue weighted by molar-refractivity contribution is 0.623. The maximum atomic E-state index is 14.5. The number of nitrogens with zero attached hydrogens (tertiary/aromatic N) is 4. The quantitative estimate of drug-likeness (QED) is 0.314. The van der Waals surface area contributed by atoms with Gasteiger partial charge in [-0.2, -0.15) is 0 Å². The number of aromatic nitrogens is 4. The molecule has 158 valence electrons. The first kappa shape index (κ1) is 20.2. The third kappa shape index (κ3) is 4.20. The van der Waals surface area contributed by atoms with Gasteiger partial charge in [-0.15, -0.1) is 11.3 Å². The predicted molar refractivity (Wildman–Crippen MR) is 127 cm³/mol. The number of pyridine rings is 2. The average Bonchev–Trinajstić information content (AvgIpc) is 3.27. The normalized spacial score (nSPS) is 11.0. The van der Waals surface area contributed by atoms with Gasteiger partial charge < -0.3 is 5.32 Å². The van der Waals surface area contributed by atoms with Crippen molar-refractivity contribution in [2.75, 3.05) is 11.9 Å². The van der Waals surface area contributed by atoms with E-state index < -0.39 is 5.82 Å². The van der Waals surface area contributed by atoms with E-state index in [1.165, 1.54) is 11.8 Å². The molecule has 32 heavy (non-hydrogen) atoms. The highest BCUT2D eigenvalue weighted by Crippen LogP contribution is 2.37. The van der Waals surface area contributed by atoms with Crippen molar-refractivity contribution in [2.24, 2.45) is 0 Å². The van der Waals surface area contributed by atoms with Crippen molar-refractivity contribution in [3.8, 4) is 22.5 Å². The monoisotopic (exact) mass is 441 g/mol. The summed E-state index contributed by atoms with van der Waals surface area (Å²) in [6.45, 7) is 0.749. The molecule has 0 aliphatic rings. The average molecular weight is 442 g/mol. The Morgan fingerprint density at radius 1 is 0.875 bits per heavy atom. The molecule has 0 bridgehead atoms. The Hall–Kier alpha value is -3.71. The van der Waals surface area contributed by atoms with Crippen molar-refractivity contribution in [1.82, 2.24) is 19.9 Å². The summed E-state index contributed by atoms with van der Waals surface area (Å²) in [5, 5.41) is 5.51. The van der Waals surface area contributed by atoms with Crippen LogP contribution >= 0.6 is 11.3 Å². The summed E-state index contributed by atoms with van der Waals surface area (Å²) in [5.41, 5.74) is 4.35. The van der Waals surface area contributed by atoms with Crippen LogP contribution in [0.15, 0.2) is 78.7 Å². The molecule has 0 saturated carbocycles. The lowest BCUT2D eigenvalue weighted by Gasteiger charge is -2.10. The molecule has 5 aromatic rings. The summed E-state index contributed by atoms with van der Waals surface area (Å²) in [4.78, 5) is 17.5. The molecule has 0 fully saturated rings. The molecular formula is C25H20FN5S. The lowest BCUT2D eigenvalue weighted by Crippen LogP contribution is -2.06. The third-order valence-electron chi connectivity index (χ3n) is 5.18. The number of hydrogen-bond donors (Lipinski definition) is 1. The SMILES string of the molecule is Fc1cnccc1-c1nc(NCCCc2ccccc2)c2scc(-c3cccnc3)c2n1. The molecule has 7 heteroatoms. The smallest absolute Gasteiger partial charge is 0.165 e. The number of fused-ring (bicyclic) bond motifs is 1. The van der Waals surface area contributed by atoms with Crippen molar-refractivity contribution in [3.63, 3.8) is 0 Å². The van der Waals surface area contributed by atoms with Crippen LogP contribution in [-0.2, 0) is 6.42 Å². The molecule has 0 saturated heterocycles. The lowest BCUT2D eigenvalue weighted by atomic mass is 10.1. The first-order valence-corrected chi connectivity index (χ1v) is 11.2. The maximum absolute atomic E-state index is 14.5. The molecule has 4 heterocycles. The Bertz CT molecular complexity index is 1340. The van der Waals surface area contributed by atoms with Gasteiger partial charge in [-0.05, 0) is 30.5 Å². The van der Waals surface area contributed by atoms with E-state index in [4.69, 9.17) is 4.98 Å². The fourth-order valence-electron chi connectivity index (χ4n) is 3.59. The zero-order valence-electron chi connectivity index (χ0n) is 17.2. The second kappa shape index (κ2) is 9.20. The molecule has 0 atom stereocenters. The van der Waals surface area contributed by atoms with E-state index in [2.05, 4.69) is 49.9 Å². The van der Waals surface area contributed by atoms with Crippen LogP contribution in [0.5, 0.6) is 0 Å². The molecule has 5 nitrogen and oxygen atoms in total. The molecule has 0 radical (unpaired) electrons. The number of thiophene rings is 1. The van der Waals surface area contributed by atoms with Crippen LogP contribution in [0.4, 0.5) is 10.2 Å². The van der Waals surface area contributed by atoms with Crippen molar-refractivity contribution in [2.45, 2.75) is 12.8 Å². The van der Waals surface area contributed by atoms with Crippen LogP contribution in [0.3, 0.4) is 0 Å². The molecule has 0 aliphatic heterocycles. The Kier molecular flexibility index (Phi) is 5.81. The van der Waals surface area contributed by atoms with Crippen LogP contribution in [0, 0.1) is 5.82 Å². The Balaban J connectivity index is 1.50. The number of hydrogen-bond acceptors (Lipinski definition) is 6. The highest BCUT2D eigenvalue weighted by Gasteiger charge is 2.17. The summed E-state index contributed by atoms with van der Waals surface area (Å²) in [6.07, 6.45) is 8.21. The molecule has 5 rings (SSSR count). The van der Waals surface area contributed by atoms with Crippen molar-refractivity contribution >= 4 is 27.4 Å². The van der Waals surface area contributed by atoms with Gasteiger partial charge in [0.2, 0.25) is 0 Å². The number of halogens is 1. The van der Waals surface area contributed by atoms with Crippen LogP contribution in [0.2, 0.25) is 0 Å². The summed E-state index contributed by atoms with van der Waals surface area (Å²) in [7, 11) is 0. The van der Waals surface area contributed by atoms with Gasteiger partial charge in [-0.25, -0.2) is 14.4 Å². The number of benzene rings is 1. The zero-order valence-corrected chi connectivity index (χ0v) is 18.0. The van der Waals surface area contributed by atoms with Crippen LogP contribution in [-0.4, -0.2) is 26.5 Å². The van der Waals surface area contributed by atoms with Gasteiger partial charge in [0.25, 0.3) is 0 Å². The number of aryl methyl sites for hydroxylation is 1. The molecule has 0 aliphatic carbocycles. The number of nitrogens with one attached hydrogen (secondary N) is 1. The van der Waals surface area contributed by atoms with Gasteiger partial charge >= 0.3 is 0 Å². The summed E-state index contributed by atoms with van der Waals surface area (Å²) in [6, 6.07) is 15.9. The molecule has 0 amide bonds. The second-order valence-electron chi connectivity index (χ2n) is 7.34. The molecule has 1 aromatic carbocycles. The predicted octanol–water partition coefficient (Wildman–Crippen LogP) is 6.00. The van der Waals surface area contributed by atoms with Crippen LogP contribution in [0.1, 0.15) is 12.0 Å². The Morgan fingerprint density at radius 3 is 2.56 bits per heavy atom. The third-order valence-corrected chi connectivity index (χ3v) is 6.15. The number of rotatable bonds is 7. The van der Waals surface area contributed by atoms with E-state index in [-0.39, 0.29) is 0 Å². The first-order chi connectivity index (χ1) is 15.8. The van der Waals surface area contributed by atoms with E-state index in [9.17, 15) is 4.39 Å². The topological polar surface area (TPSA) is 63.6 Å². The standard InChI is InChI=1S/C25H20FN5S/c26-21-15-28-13-10-19(21)24-30-22-20(18-9-5-11-27-14-18)16-32-23(22)25(31-24)29-12-4-8-17-6-2-1-3-7-17/h1-3,5-7,9-11,13-16H,4,8,12H2,(H,29,30,31).